The first kappa shape index (κ1) is 39.1. The maximum Gasteiger partial charge on any atom is 0.135 e. The number of anilines is 3. The second-order valence-electron chi connectivity index (χ2n) is 19.1. The molecule has 0 saturated heterocycles. The van der Waals surface area contributed by atoms with Crippen LogP contribution >= 0.6 is 0 Å². The van der Waals surface area contributed by atoms with Gasteiger partial charge < -0.3 is 9.32 Å². The van der Waals surface area contributed by atoms with Gasteiger partial charge in [-0.15, -0.1) is 0 Å². The Hall–Kier alpha value is -8.98. The number of hydrogen-bond donors (Lipinski definition) is 0. The highest BCUT2D eigenvalue weighted by Gasteiger charge is 2.52. The molecular weight excluding hydrogens is 847 g/mol. The average Bonchev–Trinajstić information content (AvgIpc) is 4.14. The molecule has 0 aliphatic heterocycles. The van der Waals surface area contributed by atoms with Gasteiger partial charge in [0.05, 0.1) is 10.8 Å². The molecule has 1 heterocycles. The van der Waals surface area contributed by atoms with Crippen LogP contribution < -0.4 is 4.90 Å². The van der Waals surface area contributed by atoms with Crippen molar-refractivity contribution in [1.82, 2.24) is 0 Å². The van der Waals surface area contributed by atoms with E-state index in [9.17, 15) is 0 Å². The van der Waals surface area contributed by atoms with Crippen molar-refractivity contribution in [3.05, 3.63) is 305 Å². The average molecular weight is 890 g/mol. The van der Waals surface area contributed by atoms with E-state index in [1.807, 2.05) is 12.1 Å². The number of hydrogen-bond acceptors (Lipinski definition) is 2. The van der Waals surface area contributed by atoms with Crippen LogP contribution in [0.3, 0.4) is 0 Å². The molecule has 0 N–H and O–H groups in total. The van der Waals surface area contributed by atoms with Crippen LogP contribution in [0.4, 0.5) is 17.1 Å². The number of benzene rings is 11. The summed E-state index contributed by atoms with van der Waals surface area (Å²) in [5.41, 5.74) is 24.4. The Balaban J connectivity index is 0.983. The van der Waals surface area contributed by atoms with Crippen molar-refractivity contribution in [2.45, 2.75) is 10.8 Å². The summed E-state index contributed by atoms with van der Waals surface area (Å²) >= 11 is 0. The molecule has 2 heteroatoms. The van der Waals surface area contributed by atoms with Crippen molar-refractivity contribution >= 4 is 39.0 Å². The summed E-state index contributed by atoms with van der Waals surface area (Å²) in [7, 11) is 0. The minimum absolute atomic E-state index is 0.479. The quantitative estimate of drug-likeness (QED) is 0.165. The van der Waals surface area contributed by atoms with Crippen LogP contribution in [0.1, 0.15) is 44.5 Å². The summed E-state index contributed by atoms with van der Waals surface area (Å²) in [5, 5.41) is 2.24. The number of furan rings is 1. The molecule has 0 fully saturated rings. The van der Waals surface area contributed by atoms with Crippen molar-refractivity contribution in [3.8, 4) is 44.5 Å². The van der Waals surface area contributed by atoms with Gasteiger partial charge in [0.2, 0.25) is 0 Å². The molecule has 0 radical (unpaired) electrons. The van der Waals surface area contributed by atoms with Crippen molar-refractivity contribution in [2.24, 2.45) is 0 Å². The lowest BCUT2D eigenvalue weighted by atomic mass is 9.68. The molecule has 0 amide bonds. The van der Waals surface area contributed by atoms with Gasteiger partial charge in [0, 0.05) is 27.8 Å². The van der Waals surface area contributed by atoms with E-state index >= 15 is 0 Å². The zero-order valence-corrected chi connectivity index (χ0v) is 38.2. The molecule has 70 heavy (non-hydrogen) atoms. The fourth-order valence-corrected chi connectivity index (χ4v) is 13.0. The van der Waals surface area contributed by atoms with Gasteiger partial charge in [-0.2, -0.15) is 0 Å². The van der Waals surface area contributed by atoms with Crippen molar-refractivity contribution in [1.29, 1.82) is 0 Å². The van der Waals surface area contributed by atoms with E-state index < -0.39 is 10.8 Å². The fourth-order valence-electron chi connectivity index (χ4n) is 13.0. The highest BCUT2D eigenvalue weighted by molar-refractivity contribution is 6.06. The number of fused-ring (bicyclic) bond motifs is 16. The summed E-state index contributed by atoms with van der Waals surface area (Å²) < 4.78 is 6.29. The lowest BCUT2D eigenvalue weighted by Crippen LogP contribution is -2.28. The van der Waals surface area contributed by atoms with Gasteiger partial charge >= 0.3 is 0 Å². The molecule has 0 bridgehead atoms. The first-order valence-corrected chi connectivity index (χ1v) is 24.3. The van der Waals surface area contributed by atoms with E-state index in [2.05, 4.69) is 254 Å². The predicted molar refractivity (Wildman–Crippen MR) is 287 cm³/mol. The van der Waals surface area contributed by atoms with Crippen LogP contribution in [-0.4, -0.2) is 0 Å². The smallest absolute Gasteiger partial charge is 0.135 e. The molecule has 2 nitrogen and oxygen atoms in total. The molecule has 15 rings (SSSR count). The zero-order chi connectivity index (χ0) is 46.0. The molecule has 1 aromatic heterocycles. The molecule has 1 spiro atoms. The van der Waals surface area contributed by atoms with Gasteiger partial charge in [0.15, 0.2) is 0 Å². The van der Waals surface area contributed by atoms with Gasteiger partial charge in [-0.05, 0) is 144 Å². The van der Waals surface area contributed by atoms with Crippen LogP contribution in [0.5, 0.6) is 0 Å². The second kappa shape index (κ2) is 14.8. The third-order valence-corrected chi connectivity index (χ3v) is 15.8. The Kier molecular flexibility index (Phi) is 8.24. The molecule has 3 aliphatic carbocycles. The monoisotopic (exact) mass is 889 g/mol. The van der Waals surface area contributed by atoms with Gasteiger partial charge in [-0.3, -0.25) is 0 Å². The van der Waals surface area contributed by atoms with E-state index in [1.165, 1.54) is 77.9 Å². The largest absolute Gasteiger partial charge is 0.456 e. The zero-order valence-electron chi connectivity index (χ0n) is 38.2. The van der Waals surface area contributed by atoms with Crippen LogP contribution in [0.2, 0.25) is 0 Å². The van der Waals surface area contributed by atoms with Crippen LogP contribution in [-0.2, 0) is 10.8 Å². The number of rotatable bonds is 6. The van der Waals surface area contributed by atoms with Crippen molar-refractivity contribution < 1.29 is 4.42 Å². The number of nitrogens with zero attached hydrogens (tertiary/aromatic N) is 1. The lowest BCUT2D eigenvalue weighted by molar-refractivity contribution is 0.669. The third kappa shape index (κ3) is 5.22. The highest BCUT2D eigenvalue weighted by atomic mass is 16.3. The molecule has 11 aromatic carbocycles. The van der Waals surface area contributed by atoms with Crippen molar-refractivity contribution in [2.75, 3.05) is 4.90 Å². The van der Waals surface area contributed by atoms with E-state index in [0.717, 1.165) is 50.1 Å². The normalized spacial score (nSPS) is 13.9. The maximum atomic E-state index is 6.29. The summed E-state index contributed by atoms with van der Waals surface area (Å²) in [6, 6.07) is 96.9. The standard InChI is InChI=1S/C68H43NO/c1-3-19-46(20-4-1)67(47-21-5-2-6-22-47)59-29-12-10-27-54(59)57-42-49(36-38-63(57)67)69(48-23-17-18-44(40-48)45-34-39-66-58(41-45)56-28-11-16-33-65(56)70-66)50-35-37-55-53-26-9-15-32-62(53)68(64(55)43-50)60-30-13-7-24-51(60)52-25-8-14-31-61(52)68/h1-43H. The number of para-hydroxylation sites is 1. The Morgan fingerprint density at radius 1 is 0.257 bits per heavy atom. The Bertz CT molecular complexity index is 3980. The Morgan fingerprint density at radius 3 is 1.39 bits per heavy atom. The molecule has 0 atom stereocenters. The first-order chi connectivity index (χ1) is 34.7. The van der Waals surface area contributed by atoms with Crippen molar-refractivity contribution in [3.63, 3.8) is 0 Å². The second-order valence-corrected chi connectivity index (χ2v) is 19.1. The topological polar surface area (TPSA) is 16.4 Å². The minimum Gasteiger partial charge on any atom is -0.456 e. The molecular formula is C68H43NO. The van der Waals surface area contributed by atoms with Crippen LogP contribution in [0, 0.1) is 0 Å². The van der Waals surface area contributed by atoms with Crippen LogP contribution in [0.15, 0.2) is 265 Å². The SMILES string of the molecule is c1ccc(C2(c3ccccc3)c3ccccc3-c3cc(N(c4cccc(-c5ccc6oc7ccccc7c6c5)c4)c4ccc5c(c4)C4(c6ccccc6-c6ccccc64)c4ccccc4-5)ccc32)cc1. The summed E-state index contributed by atoms with van der Waals surface area (Å²) in [5.74, 6) is 0. The lowest BCUT2D eigenvalue weighted by Gasteiger charge is -2.34. The summed E-state index contributed by atoms with van der Waals surface area (Å²) in [6.45, 7) is 0. The van der Waals surface area contributed by atoms with Gasteiger partial charge in [0.1, 0.15) is 11.2 Å². The molecule has 0 unspecified atom stereocenters. The predicted octanol–water partition coefficient (Wildman–Crippen LogP) is 17.4. The minimum atomic E-state index is -0.497. The Morgan fingerprint density at radius 2 is 0.729 bits per heavy atom. The van der Waals surface area contributed by atoms with E-state index in [4.69, 9.17) is 4.42 Å². The van der Waals surface area contributed by atoms with E-state index in [-0.39, 0.29) is 0 Å². The van der Waals surface area contributed by atoms with Gasteiger partial charge in [-0.1, -0.05) is 206 Å². The molecule has 0 saturated carbocycles. The van der Waals surface area contributed by atoms with E-state index in [1.54, 1.807) is 0 Å². The van der Waals surface area contributed by atoms with Gasteiger partial charge in [-0.25, -0.2) is 0 Å². The van der Waals surface area contributed by atoms with E-state index in [0.29, 0.717) is 0 Å². The molecule has 326 valence electrons. The molecule has 3 aliphatic rings. The fraction of sp³-hybridized carbons (Fsp3) is 0.0294. The van der Waals surface area contributed by atoms with Gasteiger partial charge in [0.25, 0.3) is 0 Å². The Labute approximate surface area is 407 Å². The summed E-state index contributed by atoms with van der Waals surface area (Å²) in [4.78, 5) is 2.49. The molecule has 12 aromatic rings. The highest BCUT2D eigenvalue weighted by Crippen LogP contribution is 2.64. The maximum absolute atomic E-state index is 6.29. The van der Waals surface area contributed by atoms with Crippen LogP contribution in [0.25, 0.3) is 66.4 Å². The third-order valence-electron chi connectivity index (χ3n) is 15.8. The summed E-state index contributed by atoms with van der Waals surface area (Å²) in [6.07, 6.45) is 0. The first-order valence-electron chi connectivity index (χ1n) is 24.3.